The van der Waals surface area contributed by atoms with Crippen LogP contribution in [-0.4, -0.2) is 9.55 Å². The van der Waals surface area contributed by atoms with Crippen LogP contribution >= 0.6 is 11.1 Å². The summed E-state index contributed by atoms with van der Waals surface area (Å²) in [6.45, 7) is 6.78. The van der Waals surface area contributed by atoms with E-state index in [-0.39, 0.29) is 5.41 Å². The Morgan fingerprint density at radius 1 is 0.778 bits per heavy atom. The highest BCUT2D eigenvalue weighted by Crippen LogP contribution is 2.32. The average molecular weight is 274 g/mol. The van der Waals surface area contributed by atoms with E-state index in [2.05, 4.69) is 96.0 Å². The van der Waals surface area contributed by atoms with Crippen molar-refractivity contribution in [1.82, 2.24) is 0 Å². The van der Waals surface area contributed by atoms with Gasteiger partial charge in [0.2, 0.25) is 0 Å². The zero-order chi connectivity index (χ0) is 13.6. The normalized spacial score (nSPS) is 10.5. The van der Waals surface area contributed by atoms with E-state index in [0.29, 0.717) is 0 Å². The number of hydrogen-bond donors (Lipinski definition) is 0. The van der Waals surface area contributed by atoms with Crippen LogP contribution in [0.4, 0.5) is 0 Å². The summed E-state index contributed by atoms with van der Waals surface area (Å²) in [5.41, 5.74) is 4.23. The van der Waals surface area contributed by atoms with Crippen LogP contribution in [-0.2, 0) is 5.41 Å². The molecule has 0 heterocycles. The largest absolute Gasteiger partial charge is 0.174 e. The van der Waals surface area contributed by atoms with Crippen LogP contribution in [0.5, 0.6) is 0 Å². The fourth-order valence-corrected chi connectivity index (χ4v) is 2.01. The van der Waals surface area contributed by atoms with E-state index in [9.17, 15) is 0 Å². The van der Waals surface area contributed by atoms with E-state index >= 15 is 0 Å². The molecule has 0 spiro atoms. The molecule has 2 aromatic carbocycles. The van der Waals surface area contributed by atoms with Gasteiger partial charge in [-0.25, -0.2) is 0 Å². The highest BCUT2D eigenvalue weighted by molar-refractivity contribution is 6.80. The van der Waals surface area contributed by atoms with Gasteiger partial charge in [-0.3, -0.25) is 0 Å². The molecule has 0 aliphatic carbocycles. The lowest BCUT2D eigenvalue weighted by Crippen LogP contribution is -2.12. The van der Waals surface area contributed by atoms with Crippen LogP contribution in [0, 0.1) is 0 Å². The van der Waals surface area contributed by atoms with Crippen molar-refractivity contribution >= 4 is 20.6 Å². The molecule has 0 bridgehead atoms. The fourth-order valence-electron chi connectivity index (χ4n) is 2.01. The fraction of sp³-hybridized carbons (Fsp3) is 0.250. The molecule has 93 valence electrons. The molecule has 2 aromatic rings. The number of benzene rings is 2. The van der Waals surface area contributed by atoms with Gasteiger partial charge in [-0.1, -0.05) is 75.4 Å². The van der Waals surface area contributed by atoms with Gasteiger partial charge < -0.3 is 0 Å². The second kappa shape index (κ2) is 6.77. The van der Waals surface area contributed by atoms with E-state index in [1.807, 2.05) is 0 Å². The van der Waals surface area contributed by atoms with Gasteiger partial charge >= 0.3 is 0 Å². The topological polar surface area (TPSA) is 0 Å². The first-order valence-electron chi connectivity index (χ1n) is 5.93. The molecule has 0 amide bonds. The minimum atomic E-state index is 0.187. The predicted molar refractivity (Wildman–Crippen MR) is 82.2 cm³/mol. The van der Waals surface area contributed by atoms with Crippen molar-refractivity contribution in [2.75, 3.05) is 0 Å². The van der Waals surface area contributed by atoms with Gasteiger partial charge in [0.05, 0.1) is 0 Å². The first-order chi connectivity index (χ1) is 8.59. The van der Waals surface area contributed by atoms with Gasteiger partial charge in [-0.2, -0.15) is 11.1 Å². The monoisotopic (exact) mass is 273 g/mol. The van der Waals surface area contributed by atoms with Crippen molar-refractivity contribution in [3.8, 4) is 11.1 Å². The molecule has 2 rings (SSSR count). The van der Waals surface area contributed by atoms with E-state index in [1.54, 1.807) is 0 Å². The van der Waals surface area contributed by atoms with Gasteiger partial charge in [0.15, 0.2) is 9.55 Å². The summed E-state index contributed by atoms with van der Waals surface area (Å²) in [6, 6.07) is 19.2. The molecule has 18 heavy (non-hydrogen) atoms. The number of hydrogen-bond acceptors (Lipinski definition) is 0. The van der Waals surface area contributed by atoms with Crippen LogP contribution < -0.4 is 0 Å². The number of rotatable bonds is 1. The van der Waals surface area contributed by atoms with Crippen LogP contribution in [0.2, 0.25) is 0 Å². The number of halogens is 1. The molecular weight excluding hydrogens is 256 g/mol. The summed E-state index contributed by atoms with van der Waals surface area (Å²) in [6.07, 6.45) is 0. The Morgan fingerprint density at radius 3 is 1.83 bits per heavy atom. The van der Waals surface area contributed by atoms with Crippen LogP contribution in [0.25, 0.3) is 11.1 Å². The van der Waals surface area contributed by atoms with Crippen molar-refractivity contribution in [1.29, 1.82) is 0 Å². The van der Waals surface area contributed by atoms with Crippen molar-refractivity contribution in [3.05, 3.63) is 60.2 Å². The van der Waals surface area contributed by atoms with Gasteiger partial charge in [0.25, 0.3) is 0 Å². The smallest absolute Gasteiger partial charge is 0.174 e. The maximum absolute atomic E-state index is 4.44. The minimum Gasteiger partial charge on any atom is -0.174 e. The Balaban J connectivity index is 0.000000771. The molecule has 0 nitrogen and oxygen atoms in total. The lowest BCUT2D eigenvalue weighted by Gasteiger charge is -2.23. The molecule has 0 saturated heterocycles. The molecule has 0 unspecified atom stereocenters. The molecule has 0 fully saturated rings. The molecule has 0 aliphatic rings. The maximum atomic E-state index is 4.44. The zero-order valence-electron chi connectivity index (χ0n) is 11.1. The second-order valence-electron chi connectivity index (χ2n) is 5.16. The molecule has 0 aliphatic heterocycles. The summed E-state index contributed by atoms with van der Waals surface area (Å²) in [7, 11) is 2.44. The highest BCUT2D eigenvalue weighted by atomic mass is 35.6. The predicted octanol–water partition coefficient (Wildman–Crippen LogP) is 4.96. The second-order valence-corrected chi connectivity index (χ2v) is 5.16. The Labute approximate surface area is 118 Å². The minimum absolute atomic E-state index is 0.187. The van der Waals surface area contributed by atoms with E-state index in [4.69, 9.17) is 0 Å². The molecular formula is C16H18ClSi. The standard InChI is InChI=1S/C16H18.ClSi/c1-16(2,3)15-12-8-7-11-14(15)13-9-5-4-6-10-13;1-2/h4-12H,1-3H3;. The van der Waals surface area contributed by atoms with Gasteiger partial charge in [-0.05, 0) is 22.1 Å². The molecule has 0 aromatic heterocycles. The Hall–Kier alpha value is -1.05. The van der Waals surface area contributed by atoms with Crippen LogP contribution in [0.15, 0.2) is 54.6 Å². The van der Waals surface area contributed by atoms with Gasteiger partial charge in [-0.15, -0.1) is 0 Å². The van der Waals surface area contributed by atoms with Gasteiger partial charge in [0.1, 0.15) is 0 Å². The third-order valence-electron chi connectivity index (χ3n) is 2.82. The SMILES string of the molecule is CC(C)(C)c1ccccc1-c1ccccc1.[Si]Cl. The van der Waals surface area contributed by atoms with E-state index in [1.165, 1.54) is 16.7 Å². The lowest BCUT2D eigenvalue weighted by molar-refractivity contribution is 0.592. The van der Waals surface area contributed by atoms with Crippen molar-refractivity contribution < 1.29 is 0 Å². The first kappa shape index (κ1) is 15.0. The quantitative estimate of drug-likeness (QED) is 0.509. The average Bonchev–Trinajstić information content (AvgIpc) is 2.41. The molecule has 0 saturated carbocycles. The van der Waals surface area contributed by atoms with Crippen molar-refractivity contribution in [2.24, 2.45) is 0 Å². The summed E-state index contributed by atoms with van der Waals surface area (Å²) >= 11 is 4.44. The third kappa shape index (κ3) is 3.72. The van der Waals surface area contributed by atoms with Crippen molar-refractivity contribution in [3.63, 3.8) is 0 Å². The van der Waals surface area contributed by atoms with E-state index < -0.39 is 0 Å². The van der Waals surface area contributed by atoms with E-state index in [0.717, 1.165) is 0 Å². The molecule has 3 radical (unpaired) electrons. The van der Waals surface area contributed by atoms with Gasteiger partial charge in [0, 0.05) is 0 Å². The Morgan fingerprint density at radius 2 is 1.28 bits per heavy atom. The highest BCUT2D eigenvalue weighted by Gasteiger charge is 2.17. The summed E-state index contributed by atoms with van der Waals surface area (Å²) < 4.78 is 0. The zero-order valence-corrected chi connectivity index (χ0v) is 12.8. The summed E-state index contributed by atoms with van der Waals surface area (Å²) in [4.78, 5) is 0. The molecule has 2 heteroatoms. The third-order valence-corrected chi connectivity index (χ3v) is 2.82. The molecule has 0 atom stereocenters. The Bertz CT molecular complexity index is 472. The summed E-state index contributed by atoms with van der Waals surface area (Å²) in [5.74, 6) is 0. The summed E-state index contributed by atoms with van der Waals surface area (Å²) in [5, 5.41) is 0. The van der Waals surface area contributed by atoms with Crippen LogP contribution in [0.3, 0.4) is 0 Å². The lowest BCUT2D eigenvalue weighted by atomic mass is 9.82. The maximum Gasteiger partial charge on any atom is 0.174 e. The first-order valence-corrected chi connectivity index (χ1v) is 7.44. The van der Waals surface area contributed by atoms with Crippen molar-refractivity contribution in [2.45, 2.75) is 26.2 Å². The van der Waals surface area contributed by atoms with Crippen LogP contribution in [0.1, 0.15) is 26.3 Å². The Kier molecular flexibility index (Phi) is 5.64. The molecule has 0 N–H and O–H groups in total.